The van der Waals surface area contributed by atoms with Gasteiger partial charge in [-0.3, -0.25) is 10.1 Å². The van der Waals surface area contributed by atoms with Crippen molar-refractivity contribution in [3.63, 3.8) is 0 Å². The molecule has 0 aliphatic rings. The van der Waals surface area contributed by atoms with Gasteiger partial charge >= 0.3 is 10.1 Å². The van der Waals surface area contributed by atoms with Gasteiger partial charge in [0.1, 0.15) is 0 Å². The lowest BCUT2D eigenvalue weighted by atomic mass is 10.1. The van der Waals surface area contributed by atoms with Crippen LogP contribution in [0, 0.1) is 10.1 Å². The molecule has 8 heteroatoms. The van der Waals surface area contributed by atoms with Gasteiger partial charge in [-0.2, -0.15) is 8.42 Å². The number of non-ortho nitro benzene ring substituents is 1. The van der Waals surface area contributed by atoms with Gasteiger partial charge in [-0.15, -0.1) is 11.3 Å². The van der Waals surface area contributed by atoms with Crippen LogP contribution in [0.3, 0.4) is 0 Å². The van der Waals surface area contributed by atoms with Gasteiger partial charge in [0.25, 0.3) is 5.69 Å². The Morgan fingerprint density at radius 1 is 1.32 bits per heavy atom. The lowest BCUT2D eigenvalue weighted by molar-refractivity contribution is -0.384. The fourth-order valence-corrected chi connectivity index (χ4v) is 2.71. The van der Waals surface area contributed by atoms with Crippen LogP contribution in [0.25, 0.3) is 10.4 Å². The van der Waals surface area contributed by atoms with E-state index in [-0.39, 0.29) is 11.4 Å². The summed E-state index contributed by atoms with van der Waals surface area (Å²) >= 11 is 1.34. The molecule has 1 aromatic carbocycles. The summed E-state index contributed by atoms with van der Waals surface area (Å²) in [5.74, 6) is 0.0792. The van der Waals surface area contributed by atoms with E-state index in [0.29, 0.717) is 10.4 Å². The summed E-state index contributed by atoms with van der Waals surface area (Å²) in [5.41, 5.74) is 0.263. The van der Waals surface area contributed by atoms with E-state index in [1.165, 1.54) is 29.5 Å². The Morgan fingerprint density at radius 3 is 2.58 bits per heavy atom. The van der Waals surface area contributed by atoms with Crippen molar-refractivity contribution in [3.05, 3.63) is 45.8 Å². The van der Waals surface area contributed by atoms with Gasteiger partial charge in [-0.05, 0) is 17.5 Å². The van der Waals surface area contributed by atoms with Crippen LogP contribution >= 0.6 is 11.3 Å². The number of nitro benzene ring substituents is 1. The molecule has 0 unspecified atom stereocenters. The standard InChI is InChI=1S/C11H9NO5S2/c1-19(15,16)17-10-5-4-8(12(13)14)7-9(10)11-3-2-6-18-11/h2-7H,1H3. The monoisotopic (exact) mass is 299 g/mol. The van der Waals surface area contributed by atoms with Crippen molar-refractivity contribution < 1.29 is 17.5 Å². The maximum absolute atomic E-state index is 11.2. The highest BCUT2D eigenvalue weighted by molar-refractivity contribution is 7.86. The highest BCUT2D eigenvalue weighted by Crippen LogP contribution is 2.36. The van der Waals surface area contributed by atoms with Crippen LogP contribution in [0.5, 0.6) is 5.75 Å². The van der Waals surface area contributed by atoms with Gasteiger partial charge < -0.3 is 4.18 Å². The van der Waals surface area contributed by atoms with Crippen molar-refractivity contribution in [2.24, 2.45) is 0 Å². The molecule has 0 radical (unpaired) electrons. The average Bonchev–Trinajstić information content (AvgIpc) is 2.80. The van der Waals surface area contributed by atoms with Gasteiger partial charge in [0.2, 0.25) is 0 Å². The number of nitro groups is 1. The number of hydrogen-bond donors (Lipinski definition) is 0. The smallest absolute Gasteiger partial charge is 0.306 e. The summed E-state index contributed by atoms with van der Waals surface area (Å²) in [7, 11) is -3.69. The minimum Gasteiger partial charge on any atom is -0.382 e. The van der Waals surface area contributed by atoms with E-state index in [0.717, 1.165) is 6.26 Å². The van der Waals surface area contributed by atoms with E-state index in [1.807, 2.05) is 0 Å². The third-order valence-corrected chi connectivity index (χ3v) is 3.59. The van der Waals surface area contributed by atoms with Crippen LogP contribution in [-0.2, 0) is 10.1 Å². The van der Waals surface area contributed by atoms with Crippen LogP contribution in [0.4, 0.5) is 5.69 Å². The largest absolute Gasteiger partial charge is 0.382 e. The highest BCUT2D eigenvalue weighted by atomic mass is 32.2. The summed E-state index contributed by atoms with van der Waals surface area (Å²) in [4.78, 5) is 10.9. The molecule has 6 nitrogen and oxygen atoms in total. The Hall–Kier alpha value is -1.93. The molecule has 0 aliphatic heterocycles. The topological polar surface area (TPSA) is 86.5 Å². The molecule has 2 aromatic rings. The van der Waals surface area contributed by atoms with Crippen molar-refractivity contribution in [2.75, 3.05) is 6.26 Å². The van der Waals surface area contributed by atoms with E-state index >= 15 is 0 Å². The third-order valence-electron chi connectivity index (χ3n) is 2.20. The molecule has 0 atom stereocenters. The Morgan fingerprint density at radius 2 is 2.05 bits per heavy atom. The van der Waals surface area contributed by atoms with Crippen molar-refractivity contribution in [1.29, 1.82) is 0 Å². The first-order chi connectivity index (χ1) is 8.87. The molecule has 2 rings (SSSR count). The van der Waals surface area contributed by atoms with Crippen molar-refractivity contribution >= 4 is 27.1 Å². The number of hydrogen-bond acceptors (Lipinski definition) is 6. The molecule has 0 amide bonds. The first kappa shape index (κ1) is 13.5. The second-order valence-electron chi connectivity index (χ2n) is 3.70. The molecule has 0 spiro atoms. The Kier molecular flexibility index (Phi) is 3.54. The van der Waals surface area contributed by atoms with E-state index < -0.39 is 15.0 Å². The summed E-state index contributed by atoms with van der Waals surface area (Å²) in [6.45, 7) is 0. The number of benzene rings is 1. The molecule has 0 saturated carbocycles. The van der Waals surface area contributed by atoms with Crippen LogP contribution in [0.15, 0.2) is 35.7 Å². The second-order valence-corrected chi connectivity index (χ2v) is 6.22. The maximum atomic E-state index is 11.2. The first-order valence-electron chi connectivity index (χ1n) is 5.08. The van der Waals surface area contributed by atoms with E-state index in [2.05, 4.69) is 0 Å². The Balaban J connectivity index is 2.57. The van der Waals surface area contributed by atoms with Crippen molar-refractivity contribution in [3.8, 4) is 16.2 Å². The van der Waals surface area contributed by atoms with Gasteiger partial charge in [0, 0.05) is 22.6 Å². The summed E-state index contributed by atoms with van der Waals surface area (Å²) in [5, 5.41) is 12.6. The zero-order chi connectivity index (χ0) is 14.0. The Bertz CT molecular complexity index is 707. The van der Waals surface area contributed by atoms with E-state index in [9.17, 15) is 18.5 Å². The normalized spacial score (nSPS) is 11.2. The zero-order valence-electron chi connectivity index (χ0n) is 9.77. The van der Waals surface area contributed by atoms with Crippen molar-refractivity contribution in [1.82, 2.24) is 0 Å². The minimum absolute atomic E-state index is 0.0792. The molecule has 0 fully saturated rings. The molecular weight excluding hydrogens is 290 g/mol. The molecule has 0 bridgehead atoms. The average molecular weight is 299 g/mol. The summed E-state index contributed by atoms with van der Waals surface area (Å²) in [6.07, 6.45) is 0.923. The second kappa shape index (κ2) is 4.98. The van der Waals surface area contributed by atoms with Gasteiger partial charge in [0.05, 0.1) is 11.2 Å². The SMILES string of the molecule is CS(=O)(=O)Oc1ccc([N+](=O)[O-])cc1-c1cccs1. The van der Waals surface area contributed by atoms with Crippen molar-refractivity contribution in [2.45, 2.75) is 0 Å². The zero-order valence-corrected chi connectivity index (χ0v) is 11.4. The molecule has 1 heterocycles. The van der Waals surface area contributed by atoms with Crippen LogP contribution in [-0.4, -0.2) is 19.6 Å². The number of rotatable bonds is 4. The lowest BCUT2D eigenvalue weighted by Gasteiger charge is -2.08. The molecule has 0 saturated heterocycles. The van der Waals surface area contributed by atoms with E-state index in [1.54, 1.807) is 17.5 Å². The molecule has 19 heavy (non-hydrogen) atoms. The highest BCUT2D eigenvalue weighted by Gasteiger charge is 2.16. The molecule has 0 N–H and O–H groups in total. The predicted octanol–water partition coefficient (Wildman–Crippen LogP) is 2.66. The maximum Gasteiger partial charge on any atom is 0.306 e. The van der Waals surface area contributed by atoms with Crippen LogP contribution in [0.2, 0.25) is 0 Å². The Labute approximate surface area is 113 Å². The summed E-state index contributed by atoms with van der Waals surface area (Å²) < 4.78 is 27.2. The van der Waals surface area contributed by atoms with Crippen LogP contribution < -0.4 is 4.18 Å². The van der Waals surface area contributed by atoms with Gasteiger partial charge in [-0.1, -0.05) is 6.07 Å². The molecule has 1 aromatic heterocycles. The van der Waals surface area contributed by atoms with E-state index in [4.69, 9.17) is 4.18 Å². The fourth-order valence-electron chi connectivity index (χ4n) is 1.49. The number of nitrogens with zero attached hydrogens (tertiary/aromatic N) is 1. The molecular formula is C11H9NO5S2. The predicted molar refractivity (Wildman–Crippen MR) is 71.9 cm³/mol. The van der Waals surface area contributed by atoms with Gasteiger partial charge in [0.15, 0.2) is 5.75 Å². The molecule has 0 aliphatic carbocycles. The lowest BCUT2D eigenvalue weighted by Crippen LogP contribution is -2.06. The fraction of sp³-hybridized carbons (Fsp3) is 0.0909. The molecule has 100 valence electrons. The van der Waals surface area contributed by atoms with Gasteiger partial charge in [-0.25, -0.2) is 0 Å². The summed E-state index contributed by atoms with van der Waals surface area (Å²) in [6, 6.07) is 7.29. The third kappa shape index (κ3) is 3.30. The number of thiophene rings is 1. The van der Waals surface area contributed by atoms with Crippen LogP contribution in [0.1, 0.15) is 0 Å². The quantitative estimate of drug-likeness (QED) is 0.492. The first-order valence-corrected chi connectivity index (χ1v) is 7.78. The minimum atomic E-state index is -3.69.